The summed E-state index contributed by atoms with van der Waals surface area (Å²) in [5.74, 6) is 0. The standard InChI is InChI=1S/C14H20BF2NO2/c1-9-7-18-8-10(6-11(16)17)12(9)15-19-13(2,3)14(4,5)20-15/h7-8,11H,6H2,1-5H3. The quantitative estimate of drug-likeness (QED) is 0.799. The molecule has 0 N–H and O–H groups in total. The van der Waals surface area contributed by atoms with E-state index in [0.717, 1.165) is 5.56 Å². The maximum atomic E-state index is 12.7. The molecule has 1 aromatic rings. The van der Waals surface area contributed by atoms with E-state index in [1.807, 2.05) is 34.6 Å². The Balaban J connectivity index is 2.39. The first-order valence-electron chi connectivity index (χ1n) is 6.71. The molecule has 1 aliphatic rings. The minimum atomic E-state index is -2.42. The van der Waals surface area contributed by atoms with Crippen LogP contribution in [0.15, 0.2) is 12.4 Å². The third kappa shape index (κ3) is 2.72. The van der Waals surface area contributed by atoms with Crippen LogP contribution in [-0.2, 0) is 15.7 Å². The first-order valence-corrected chi connectivity index (χ1v) is 6.71. The van der Waals surface area contributed by atoms with Gasteiger partial charge in [0.15, 0.2) is 0 Å². The molecule has 1 fully saturated rings. The Kier molecular flexibility index (Phi) is 3.91. The fraction of sp³-hybridized carbons (Fsp3) is 0.643. The highest BCUT2D eigenvalue weighted by Gasteiger charge is 2.52. The molecule has 0 aliphatic carbocycles. The van der Waals surface area contributed by atoms with E-state index in [9.17, 15) is 8.78 Å². The van der Waals surface area contributed by atoms with Crippen molar-refractivity contribution in [1.82, 2.24) is 4.98 Å². The molecular weight excluding hydrogens is 263 g/mol. The normalized spacial score (nSPS) is 20.7. The molecule has 20 heavy (non-hydrogen) atoms. The smallest absolute Gasteiger partial charge is 0.399 e. The summed E-state index contributed by atoms with van der Waals surface area (Å²) in [7, 11) is -0.628. The van der Waals surface area contributed by atoms with Crippen molar-refractivity contribution >= 4 is 12.6 Å². The highest BCUT2D eigenvalue weighted by Crippen LogP contribution is 2.37. The Labute approximate surface area is 118 Å². The van der Waals surface area contributed by atoms with Crippen LogP contribution < -0.4 is 5.46 Å². The number of aryl methyl sites for hydroxylation is 1. The van der Waals surface area contributed by atoms with Crippen LogP contribution in [0.2, 0.25) is 0 Å². The predicted octanol–water partition coefficient (Wildman–Crippen LogP) is 2.50. The van der Waals surface area contributed by atoms with Crippen molar-refractivity contribution in [2.24, 2.45) is 0 Å². The molecule has 0 spiro atoms. The van der Waals surface area contributed by atoms with Crippen molar-refractivity contribution in [3.05, 3.63) is 23.5 Å². The van der Waals surface area contributed by atoms with E-state index in [0.29, 0.717) is 11.0 Å². The number of aromatic nitrogens is 1. The zero-order valence-corrected chi connectivity index (χ0v) is 12.5. The van der Waals surface area contributed by atoms with Crippen LogP contribution in [0.5, 0.6) is 0 Å². The minimum absolute atomic E-state index is 0.339. The fourth-order valence-electron chi connectivity index (χ4n) is 2.26. The molecule has 2 heterocycles. The molecule has 0 aromatic carbocycles. The van der Waals surface area contributed by atoms with E-state index >= 15 is 0 Å². The monoisotopic (exact) mass is 283 g/mol. The lowest BCUT2D eigenvalue weighted by atomic mass is 9.73. The van der Waals surface area contributed by atoms with E-state index < -0.39 is 24.7 Å². The van der Waals surface area contributed by atoms with Crippen molar-refractivity contribution in [3.8, 4) is 0 Å². The van der Waals surface area contributed by atoms with E-state index in [-0.39, 0.29) is 6.42 Å². The fourth-order valence-corrected chi connectivity index (χ4v) is 2.26. The van der Waals surface area contributed by atoms with Crippen LogP contribution >= 0.6 is 0 Å². The molecule has 2 rings (SSSR count). The molecule has 0 atom stereocenters. The summed E-state index contributed by atoms with van der Waals surface area (Å²) in [5.41, 5.74) is 0.990. The van der Waals surface area contributed by atoms with Crippen LogP contribution in [0.3, 0.4) is 0 Å². The maximum Gasteiger partial charge on any atom is 0.495 e. The summed E-state index contributed by atoms with van der Waals surface area (Å²) < 4.78 is 37.3. The molecule has 6 heteroatoms. The summed E-state index contributed by atoms with van der Waals surface area (Å²) in [6.07, 6.45) is 0.364. The van der Waals surface area contributed by atoms with Gasteiger partial charge in [-0.1, -0.05) is 0 Å². The molecule has 0 radical (unpaired) electrons. The van der Waals surface area contributed by atoms with Crippen molar-refractivity contribution < 1.29 is 18.1 Å². The molecular formula is C14H20BF2NO2. The Hall–Kier alpha value is -1.01. The van der Waals surface area contributed by atoms with Gasteiger partial charge in [-0.25, -0.2) is 8.78 Å². The van der Waals surface area contributed by atoms with Gasteiger partial charge < -0.3 is 9.31 Å². The van der Waals surface area contributed by atoms with E-state index in [1.54, 1.807) is 6.20 Å². The van der Waals surface area contributed by atoms with Crippen LogP contribution in [0.1, 0.15) is 38.8 Å². The van der Waals surface area contributed by atoms with E-state index in [4.69, 9.17) is 9.31 Å². The van der Waals surface area contributed by atoms with Crippen molar-refractivity contribution in [3.63, 3.8) is 0 Å². The van der Waals surface area contributed by atoms with Gasteiger partial charge in [0.2, 0.25) is 6.43 Å². The number of pyridine rings is 1. The van der Waals surface area contributed by atoms with Gasteiger partial charge in [0.05, 0.1) is 11.2 Å². The molecule has 110 valence electrons. The topological polar surface area (TPSA) is 31.4 Å². The third-order valence-electron chi connectivity index (χ3n) is 4.13. The third-order valence-corrected chi connectivity index (χ3v) is 4.13. The zero-order valence-electron chi connectivity index (χ0n) is 12.5. The van der Waals surface area contributed by atoms with Gasteiger partial charge in [-0.2, -0.15) is 0 Å². The molecule has 1 saturated heterocycles. The van der Waals surface area contributed by atoms with Crippen LogP contribution in [-0.4, -0.2) is 29.7 Å². The van der Waals surface area contributed by atoms with Crippen molar-refractivity contribution in [2.75, 3.05) is 0 Å². The number of hydrogen-bond acceptors (Lipinski definition) is 3. The summed E-state index contributed by atoms with van der Waals surface area (Å²) in [4.78, 5) is 4.00. The Morgan fingerprint density at radius 1 is 1.15 bits per heavy atom. The lowest BCUT2D eigenvalue weighted by Crippen LogP contribution is -2.41. The second-order valence-corrected chi connectivity index (χ2v) is 6.21. The van der Waals surface area contributed by atoms with Gasteiger partial charge in [-0.05, 0) is 51.2 Å². The van der Waals surface area contributed by atoms with Crippen molar-refractivity contribution in [2.45, 2.75) is 58.7 Å². The molecule has 0 saturated carbocycles. The van der Waals surface area contributed by atoms with Crippen LogP contribution in [0, 0.1) is 6.92 Å². The minimum Gasteiger partial charge on any atom is -0.399 e. The molecule has 0 amide bonds. The largest absolute Gasteiger partial charge is 0.495 e. The molecule has 1 aliphatic heterocycles. The average Bonchev–Trinajstić information content (AvgIpc) is 2.46. The van der Waals surface area contributed by atoms with E-state index in [1.165, 1.54) is 6.20 Å². The Morgan fingerprint density at radius 3 is 2.20 bits per heavy atom. The lowest BCUT2D eigenvalue weighted by Gasteiger charge is -2.32. The van der Waals surface area contributed by atoms with E-state index in [2.05, 4.69) is 4.98 Å². The van der Waals surface area contributed by atoms with Crippen LogP contribution in [0.25, 0.3) is 0 Å². The van der Waals surface area contributed by atoms with Gasteiger partial charge in [0.1, 0.15) is 0 Å². The summed E-state index contributed by atoms with van der Waals surface area (Å²) >= 11 is 0. The highest BCUT2D eigenvalue weighted by atomic mass is 19.3. The second kappa shape index (κ2) is 5.08. The zero-order chi connectivity index (χ0) is 15.1. The number of halogens is 2. The number of hydrogen-bond donors (Lipinski definition) is 0. The van der Waals surface area contributed by atoms with Crippen LogP contribution in [0.4, 0.5) is 8.78 Å². The second-order valence-electron chi connectivity index (χ2n) is 6.21. The van der Waals surface area contributed by atoms with Gasteiger partial charge in [-0.3, -0.25) is 4.98 Å². The van der Waals surface area contributed by atoms with Gasteiger partial charge >= 0.3 is 7.12 Å². The molecule has 3 nitrogen and oxygen atoms in total. The molecule has 0 unspecified atom stereocenters. The van der Waals surface area contributed by atoms with Crippen molar-refractivity contribution in [1.29, 1.82) is 0 Å². The number of nitrogens with zero attached hydrogens (tertiary/aromatic N) is 1. The Morgan fingerprint density at radius 2 is 1.70 bits per heavy atom. The molecule has 0 bridgehead atoms. The van der Waals surface area contributed by atoms with Gasteiger partial charge in [-0.15, -0.1) is 0 Å². The SMILES string of the molecule is Cc1cncc(CC(F)F)c1B1OC(C)(C)C(C)(C)O1. The number of alkyl halides is 2. The maximum absolute atomic E-state index is 12.7. The Bertz CT molecular complexity index is 490. The highest BCUT2D eigenvalue weighted by molar-refractivity contribution is 6.63. The summed E-state index contributed by atoms with van der Waals surface area (Å²) in [6.45, 7) is 9.60. The van der Waals surface area contributed by atoms with Gasteiger partial charge in [0, 0.05) is 18.8 Å². The first kappa shape index (κ1) is 15.4. The summed E-state index contributed by atoms with van der Waals surface area (Å²) in [5, 5.41) is 0. The first-order chi connectivity index (χ1) is 9.14. The average molecular weight is 283 g/mol. The number of rotatable bonds is 3. The predicted molar refractivity (Wildman–Crippen MR) is 74.4 cm³/mol. The lowest BCUT2D eigenvalue weighted by molar-refractivity contribution is 0.00578. The van der Waals surface area contributed by atoms with Gasteiger partial charge in [0.25, 0.3) is 0 Å². The molecule has 1 aromatic heterocycles. The summed E-state index contributed by atoms with van der Waals surface area (Å²) in [6, 6.07) is 0.